The van der Waals surface area contributed by atoms with Crippen LogP contribution in [0.3, 0.4) is 0 Å². The summed E-state index contributed by atoms with van der Waals surface area (Å²) in [6.07, 6.45) is 0.0591. The van der Waals surface area contributed by atoms with Crippen molar-refractivity contribution in [2.24, 2.45) is 0 Å². The van der Waals surface area contributed by atoms with E-state index in [1.807, 2.05) is 6.92 Å². The van der Waals surface area contributed by atoms with Gasteiger partial charge in [-0.2, -0.15) is 0 Å². The van der Waals surface area contributed by atoms with Crippen LogP contribution in [0, 0.1) is 11.6 Å². The van der Waals surface area contributed by atoms with E-state index < -0.39 is 17.7 Å². The van der Waals surface area contributed by atoms with Crippen molar-refractivity contribution in [2.45, 2.75) is 32.8 Å². The lowest BCUT2D eigenvalue weighted by molar-refractivity contribution is -0.129. The minimum absolute atomic E-state index is 0.00676. The summed E-state index contributed by atoms with van der Waals surface area (Å²) in [5.74, 6) is -1.49. The highest BCUT2D eigenvalue weighted by Crippen LogP contribution is 2.11. The highest BCUT2D eigenvalue weighted by molar-refractivity contribution is 5.85. The summed E-state index contributed by atoms with van der Waals surface area (Å²) < 4.78 is 31.1. The molecule has 0 saturated heterocycles. The van der Waals surface area contributed by atoms with Crippen LogP contribution in [0.2, 0.25) is 0 Å². The number of halogens is 2. The summed E-state index contributed by atoms with van der Waals surface area (Å²) >= 11 is 0. The van der Waals surface area contributed by atoms with E-state index in [0.29, 0.717) is 18.6 Å². The molecular formula is C13H16F2O2. The molecule has 0 saturated carbocycles. The Morgan fingerprint density at radius 1 is 1.24 bits per heavy atom. The van der Waals surface area contributed by atoms with E-state index in [1.165, 1.54) is 12.1 Å². The van der Waals surface area contributed by atoms with Gasteiger partial charge in [0.1, 0.15) is 17.7 Å². The van der Waals surface area contributed by atoms with Gasteiger partial charge in [-0.25, -0.2) is 8.78 Å². The van der Waals surface area contributed by atoms with Crippen molar-refractivity contribution in [3.63, 3.8) is 0 Å². The van der Waals surface area contributed by atoms with Crippen LogP contribution < -0.4 is 0 Å². The molecule has 1 aromatic carbocycles. The fraction of sp³-hybridized carbons (Fsp3) is 0.462. The zero-order chi connectivity index (χ0) is 12.8. The van der Waals surface area contributed by atoms with Crippen molar-refractivity contribution in [3.8, 4) is 0 Å². The first-order valence-electron chi connectivity index (χ1n) is 5.66. The van der Waals surface area contributed by atoms with Gasteiger partial charge in [0.05, 0.1) is 0 Å². The molecule has 17 heavy (non-hydrogen) atoms. The number of hydrogen-bond donors (Lipinski definition) is 0. The van der Waals surface area contributed by atoms with Crippen LogP contribution in [0.5, 0.6) is 0 Å². The number of ketones is 1. The lowest BCUT2D eigenvalue weighted by Gasteiger charge is -2.13. The van der Waals surface area contributed by atoms with Gasteiger partial charge in [-0.15, -0.1) is 0 Å². The lowest BCUT2D eigenvalue weighted by atomic mass is 10.0. The third-order valence-corrected chi connectivity index (χ3v) is 2.40. The van der Waals surface area contributed by atoms with E-state index in [1.54, 1.807) is 6.92 Å². The maximum absolute atomic E-state index is 12.9. The van der Waals surface area contributed by atoms with Crippen LogP contribution in [0.1, 0.15) is 25.8 Å². The molecule has 0 spiro atoms. The molecule has 0 fully saturated rings. The zero-order valence-corrected chi connectivity index (χ0v) is 10.0. The number of rotatable bonds is 6. The molecule has 1 unspecified atom stereocenters. The number of carbonyl (C=O) groups is 1. The van der Waals surface area contributed by atoms with Crippen LogP contribution in [-0.4, -0.2) is 18.5 Å². The Morgan fingerprint density at radius 2 is 1.82 bits per heavy atom. The maximum Gasteiger partial charge on any atom is 0.165 e. The molecule has 0 aliphatic heterocycles. The van der Waals surface area contributed by atoms with Gasteiger partial charge in [-0.1, -0.05) is 6.92 Å². The van der Waals surface area contributed by atoms with Crippen molar-refractivity contribution in [2.75, 3.05) is 6.61 Å². The molecule has 0 radical (unpaired) electrons. The summed E-state index contributed by atoms with van der Waals surface area (Å²) in [5, 5.41) is 0. The second-order valence-corrected chi connectivity index (χ2v) is 3.77. The standard InChI is InChI=1S/C13H16F2O2/c1-3-13(17-4-2)12(16)7-9-5-10(14)8-11(15)6-9/h5-6,8,13H,3-4,7H2,1-2H3. The van der Waals surface area contributed by atoms with Crippen LogP contribution in [0.15, 0.2) is 18.2 Å². The molecule has 1 aromatic rings. The zero-order valence-electron chi connectivity index (χ0n) is 10.0. The van der Waals surface area contributed by atoms with Gasteiger partial charge < -0.3 is 4.74 Å². The Bertz CT molecular complexity index is 371. The second-order valence-electron chi connectivity index (χ2n) is 3.77. The van der Waals surface area contributed by atoms with E-state index in [4.69, 9.17) is 4.74 Å². The van der Waals surface area contributed by atoms with Gasteiger partial charge in [0.2, 0.25) is 0 Å². The van der Waals surface area contributed by atoms with E-state index in [0.717, 1.165) is 6.07 Å². The second kappa shape index (κ2) is 6.45. The molecule has 0 aliphatic rings. The fourth-order valence-corrected chi connectivity index (χ4v) is 1.67. The third kappa shape index (κ3) is 4.23. The van der Waals surface area contributed by atoms with Gasteiger partial charge in [0, 0.05) is 19.1 Å². The average molecular weight is 242 g/mol. The summed E-state index contributed by atoms with van der Waals surface area (Å²) in [5.41, 5.74) is 0.339. The lowest BCUT2D eigenvalue weighted by Crippen LogP contribution is -2.25. The van der Waals surface area contributed by atoms with E-state index in [9.17, 15) is 13.6 Å². The summed E-state index contributed by atoms with van der Waals surface area (Å²) in [6.45, 7) is 4.09. The van der Waals surface area contributed by atoms with Gasteiger partial charge in [-0.05, 0) is 31.0 Å². The Hall–Kier alpha value is -1.29. The largest absolute Gasteiger partial charge is 0.371 e. The number of Topliss-reactive ketones (excluding diaryl/α,β-unsaturated/α-hetero) is 1. The number of carbonyl (C=O) groups excluding carboxylic acids is 1. The Kier molecular flexibility index (Phi) is 5.22. The predicted molar refractivity (Wildman–Crippen MR) is 60.8 cm³/mol. The smallest absolute Gasteiger partial charge is 0.165 e. The minimum Gasteiger partial charge on any atom is -0.371 e. The molecule has 1 rings (SSSR count). The third-order valence-electron chi connectivity index (χ3n) is 2.40. The molecule has 1 atom stereocenters. The molecule has 0 aromatic heterocycles. The fourth-order valence-electron chi connectivity index (χ4n) is 1.67. The normalized spacial score (nSPS) is 12.5. The van der Waals surface area contributed by atoms with Crippen LogP contribution >= 0.6 is 0 Å². The first-order valence-corrected chi connectivity index (χ1v) is 5.66. The molecule has 0 amide bonds. The first-order chi connectivity index (χ1) is 8.06. The molecular weight excluding hydrogens is 226 g/mol. The van der Waals surface area contributed by atoms with Crippen molar-refractivity contribution >= 4 is 5.78 Å². The highest BCUT2D eigenvalue weighted by atomic mass is 19.1. The molecule has 2 nitrogen and oxygen atoms in total. The predicted octanol–water partition coefficient (Wildman–Crippen LogP) is 2.89. The van der Waals surface area contributed by atoms with Crippen molar-refractivity contribution in [1.29, 1.82) is 0 Å². The van der Waals surface area contributed by atoms with Gasteiger partial charge >= 0.3 is 0 Å². The van der Waals surface area contributed by atoms with Crippen LogP contribution in [0.25, 0.3) is 0 Å². The van der Waals surface area contributed by atoms with Crippen LogP contribution in [-0.2, 0) is 16.0 Å². The first kappa shape index (κ1) is 13.8. The van der Waals surface area contributed by atoms with E-state index in [2.05, 4.69) is 0 Å². The molecule has 94 valence electrons. The Balaban J connectivity index is 2.72. The van der Waals surface area contributed by atoms with E-state index in [-0.39, 0.29) is 12.2 Å². The molecule has 4 heteroatoms. The van der Waals surface area contributed by atoms with Gasteiger partial charge in [0.15, 0.2) is 5.78 Å². The average Bonchev–Trinajstić information content (AvgIpc) is 2.24. The number of benzene rings is 1. The number of hydrogen-bond acceptors (Lipinski definition) is 2. The quantitative estimate of drug-likeness (QED) is 0.766. The van der Waals surface area contributed by atoms with Crippen molar-refractivity contribution in [3.05, 3.63) is 35.4 Å². The summed E-state index contributed by atoms with van der Waals surface area (Å²) in [7, 11) is 0. The molecule has 0 bridgehead atoms. The summed E-state index contributed by atoms with van der Waals surface area (Å²) in [6, 6.07) is 3.12. The van der Waals surface area contributed by atoms with Crippen molar-refractivity contribution < 1.29 is 18.3 Å². The maximum atomic E-state index is 12.9. The van der Waals surface area contributed by atoms with Crippen LogP contribution in [0.4, 0.5) is 8.78 Å². The minimum atomic E-state index is -0.669. The highest BCUT2D eigenvalue weighted by Gasteiger charge is 2.17. The Labute approximate surface area is 99.6 Å². The summed E-state index contributed by atoms with van der Waals surface area (Å²) in [4.78, 5) is 11.8. The van der Waals surface area contributed by atoms with E-state index >= 15 is 0 Å². The SMILES string of the molecule is CCOC(CC)C(=O)Cc1cc(F)cc(F)c1. The monoisotopic (exact) mass is 242 g/mol. The molecule has 0 N–H and O–H groups in total. The Morgan fingerprint density at radius 3 is 2.29 bits per heavy atom. The van der Waals surface area contributed by atoms with Crippen molar-refractivity contribution in [1.82, 2.24) is 0 Å². The van der Waals surface area contributed by atoms with Gasteiger partial charge in [-0.3, -0.25) is 4.79 Å². The van der Waals surface area contributed by atoms with Gasteiger partial charge in [0.25, 0.3) is 0 Å². The topological polar surface area (TPSA) is 26.3 Å². The molecule has 0 heterocycles. The number of ether oxygens (including phenoxy) is 1. The molecule has 0 aliphatic carbocycles.